The van der Waals surface area contributed by atoms with Crippen molar-refractivity contribution >= 4 is 5.91 Å². The van der Waals surface area contributed by atoms with Crippen LogP contribution in [0.1, 0.15) is 39.2 Å². The van der Waals surface area contributed by atoms with E-state index in [1.165, 1.54) is 49.5 Å². The number of carbonyl (C=O) groups excluding carboxylic acids is 1. The molecule has 0 aliphatic heterocycles. The Kier molecular flexibility index (Phi) is 6.25. The minimum absolute atomic E-state index is 0.106. The molecule has 0 fully saturated rings. The van der Waals surface area contributed by atoms with Gasteiger partial charge in [-0.25, -0.2) is 14.1 Å². The third-order valence-corrected chi connectivity index (χ3v) is 5.33. The number of nitrogens with one attached hydrogen (secondary N) is 1. The molecule has 7 nitrogen and oxygen atoms in total. The Hall–Kier alpha value is -4.28. The number of amides is 1. The van der Waals surface area contributed by atoms with Gasteiger partial charge in [-0.2, -0.15) is 18.3 Å². The van der Waals surface area contributed by atoms with E-state index in [0.29, 0.717) is 11.4 Å². The zero-order valence-electron chi connectivity index (χ0n) is 18.5. The summed E-state index contributed by atoms with van der Waals surface area (Å²) in [5, 5.41) is 6.59. The van der Waals surface area contributed by atoms with E-state index < -0.39 is 40.6 Å². The number of hydrogen-bond acceptors (Lipinski definition) is 4. The average molecular weight is 485 g/mol. The number of benzene rings is 2. The van der Waals surface area contributed by atoms with Crippen molar-refractivity contribution in [2.75, 3.05) is 0 Å². The first kappa shape index (κ1) is 23.9. The Labute approximate surface area is 196 Å². The smallest absolute Gasteiger partial charge is 0.336 e. The van der Waals surface area contributed by atoms with Crippen LogP contribution in [0.25, 0.3) is 5.69 Å². The molecule has 0 aliphatic rings. The predicted octanol–water partition coefficient (Wildman–Crippen LogP) is 3.95. The summed E-state index contributed by atoms with van der Waals surface area (Å²) in [6, 6.07) is 10.2. The zero-order chi connectivity index (χ0) is 25.3. The van der Waals surface area contributed by atoms with E-state index in [1.807, 2.05) is 0 Å². The number of imidazole rings is 1. The molecule has 11 heteroatoms. The number of aromatic nitrogens is 4. The van der Waals surface area contributed by atoms with Gasteiger partial charge in [-0.15, -0.1) is 0 Å². The Morgan fingerprint density at radius 2 is 1.83 bits per heavy atom. The van der Waals surface area contributed by atoms with Crippen LogP contribution in [0.15, 0.2) is 71.8 Å². The highest BCUT2D eigenvalue weighted by Gasteiger charge is 2.34. The van der Waals surface area contributed by atoms with Gasteiger partial charge in [0, 0.05) is 31.2 Å². The van der Waals surface area contributed by atoms with E-state index in [2.05, 4.69) is 15.4 Å². The van der Waals surface area contributed by atoms with Crippen LogP contribution >= 0.6 is 0 Å². The number of para-hydroxylation sites is 1. The molecule has 1 amide bonds. The third-order valence-electron chi connectivity index (χ3n) is 5.33. The molecule has 0 saturated heterocycles. The molecule has 1 N–H and O–H groups in total. The molecule has 4 rings (SSSR count). The zero-order valence-corrected chi connectivity index (χ0v) is 18.5. The topological polar surface area (TPSA) is 81.8 Å². The van der Waals surface area contributed by atoms with E-state index in [9.17, 15) is 27.2 Å². The number of rotatable bonds is 5. The van der Waals surface area contributed by atoms with E-state index in [-0.39, 0.29) is 11.4 Å². The molecule has 0 radical (unpaired) electrons. The minimum atomic E-state index is -4.68. The van der Waals surface area contributed by atoms with Gasteiger partial charge in [-0.3, -0.25) is 9.59 Å². The van der Waals surface area contributed by atoms with Gasteiger partial charge < -0.3 is 9.88 Å². The second-order valence-corrected chi connectivity index (χ2v) is 7.78. The van der Waals surface area contributed by atoms with Crippen LogP contribution in [0.2, 0.25) is 0 Å². The number of halogens is 4. The molecule has 2 aromatic carbocycles. The number of hydrogen-bond donors (Lipinski definition) is 1. The molecule has 0 spiro atoms. The Morgan fingerprint density at radius 3 is 2.49 bits per heavy atom. The van der Waals surface area contributed by atoms with Gasteiger partial charge in [0.1, 0.15) is 17.7 Å². The second-order valence-electron chi connectivity index (χ2n) is 7.78. The molecule has 2 aromatic heterocycles. The van der Waals surface area contributed by atoms with Crippen LogP contribution in [0.5, 0.6) is 0 Å². The summed E-state index contributed by atoms with van der Waals surface area (Å²) in [6.45, 7) is 1.41. The average Bonchev–Trinajstić information content (AvgIpc) is 3.22. The van der Waals surface area contributed by atoms with E-state index in [1.54, 1.807) is 23.9 Å². The monoisotopic (exact) mass is 485 g/mol. The number of nitrogens with zero attached hydrogens (tertiary/aromatic N) is 4. The molecule has 35 heavy (non-hydrogen) atoms. The van der Waals surface area contributed by atoms with Crippen molar-refractivity contribution in [1.82, 2.24) is 24.6 Å². The van der Waals surface area contributed by atoms with Crippen molar-refractivity contribution in [1.29, 1.82) is 0 Å². The Bertz CT molecular complexity index is 1460. The summed E-state index contributed by atoms with van der Waals surface area (Å²) in [7, 11) is 1.67. The first-order chi connectivity index (χ1) is 16.6. The molecule has 0 bridgehead atoms. The minimum Gasteiger partial charge on any atom is -0.336 e. The maximum Gasteiger partial charge on any atom is 0.418 e. The maximum absolute atomic E-state index is 13.9. The fourth-order valence-corrected chi connectivity index (χ4v) is 3.68. The lowest BCUT2D eigenvalue weighted by Crippen LogP contribution is -2.36. The normalized spacial score (nSPS) is 12.4. The van der Waals surface area contributed by atoms with Crippen molar-refractivity contribution in [2.24, 2.45) is 7.05 Å². The molecular weight excluding hydrogens is 466 g/mol. The van der Waals surface area contributed by atoms with Gasteiger partial charge in [0.15, 0.2) is 5.69 Å². The van der Waals surface area contributed by atoms with Crippen LogP contribution in [0.3, 0.4) is 0 Å². The van der Waals surface area contributed by atoms with Crippen molar-refractivity contribution in [2.45, 2.75) is 19.1 Å². The highest BCUT2D eigenvalue weighted by Crippen LogP contribution is 2.33. The fourth-order valence-electron chi connectivity index (χ4n) is 3.68. The van der Waals surface area contributed by atoms with Crippen molar-refractivity contribution < 1.29 is 22.4 Å². The van der Waals surface area contributed by atoms with Gasteiger partial charge >= 0.3 is 6.18 Å². The van der Waals surface area contributed by atoms with Crippen molar-refractivity contribution in [3.63, 3.8) is 0 Å². The number of alkyl halides is 3. The fraction of sp³-hybridized carbons (Fsp3) is 0.167. The molecule has 4 aromatic rings. The van der Waals surface area contributed by atoms with Crippen LogP contribution in [0, 0.1) is 12.7 Å². The lowest BCUT2D eigenvalue weighted by Gasteiger charge is -2.20. The van der Waals surface area contributed by atoms with Crippen LogP contribution in [-0.2, 0) is 13.2 Å². The highest BCUT2D eigenvalue weighted by atomic mass is 19.4. The second kappa shape index (κ2) is 9.16. The van der Waals surface area contributed by atoms with Gasteiger partial charge in [0.25, 0.3) is 5.91 Å². The molecular formula is C24H19F4N5O2. The highest BCUT2D eigenvalue weighted by molar-refractivity contribution is 5.92. The molecule has 0 saturated carbocycles. The van der Waals surface area contributed by atoms with Crippen LogP contribution in [0.4, 0.5) is 17.6 Å². The predicted molar refractivity (Wildman–Crippen MR) is 118 cm³/mol. The summed E-state index contributed by atoms with van der Waals surface area (Å²) < 4.78 is 57.1. The van der Waals surface area contributed by atoms with Crippen molar-refractivity contribution in [3.8, 4) is 5.69 Å². The van der Waals surface area contributed by atoms with E-state index >= 15 is 0 Å². The van der Waals surface area contributed by atoms with Gasteiger partial charge in [-0.05, 0) is 36.8 Å². The van der Waals surface area contributed by atoms with Crippen molar-refractivity contribution in [3.05, 3.63) is 111 Å². The maximum atomic E-state index is 13.9. The quantitative estimate of drug-likeness (QED) is 0.434. The summed E-state index contributed by atoms with van der Waals surface area (Å²) in [6.07, 6.45) is -1.57. The molecule has 0 aliphatic carbocycles. The standard InChI is InChI=1S/C24H19F4N5O2/c1-14-12-19(34)21(31-33(14)18-9-4-3-8-17(18)24(26,27)28)23(35)30-20(22-29-10-11-32(22)2)15-6-5-7-16(25)13-15/h3-13,20H,1-2H3,(H,30,35). The molecule has 1 unspecified atom stereocenters. The first-order valence-corrected chi connectivity index (χ1v) is 10.4. The summed E-state index contributed by atoms with van der Waals surface area (Å²) in [4.78, 5) is 30.0. The van der Waals surface area contributed by atoms with Gasteiger partial charge in [-0.1, -0.05) is 24.3 Å². The summed E-state index contributed by atoms with van der Waals surface area (Å²) in [5.74, 6) is -1.15. The van der Waals surface area contributed by atoms with Crippen LogP contribution in [-0.4, -0.2) is 25.2 Å². The van der Waals surface area contributed by atoms with Gasteiger partial charge in [0.05, 0.1) is 11.3 Å². The number of carbonyl (C=O) groups is 1. The Balaban J connectivity index is 1.79. The van der Waals surface area contributed by atoms with Gasteiger partial charge in [0.2, 0.25) is 5.43 Å². The summed E-state index contributed by atoms with van der Waals surface area (Å²) >= 11 is 0. The van der Waals surface area contributed by atoms with Crippen LogP contribution < -0.4 is 10.7 Å². The number of aryl methyl sites for hydroxylation is 2. The SMILES string of the molecule is Cc1cc(=O)c(C(=O)NC(c2cccc(F)c2)c2nccn2C)nn1-c1ccccc1C(F)(F)F. The third kappa shape index (κ3) is 4.84. The lowest BCUT2D eigenvalue weighted by atomic mass is 10.1. The summed E-state index contributed by atoms with van der Waals surface area (Å²) in [5.41, 5.74) is -2.26. The lowest BCUT2D eigenvalue weighted by molar-refractivity contribution is -0.137. The molecule has 180 valence electrons. The van der Waals surface area contributed by atoms with E-state index in [4.69, 9.17) is 0 Å². The molecule has 2 heterocycles. The van der Waals surface area contributed by atoms with E-state index in [0.717, 1.165) is 16.8 Å². The Morgan fingerprint density at radius 1 is 1.09 bits per heavy atom. The molecule has 1 atom stereocenters. The first-order valence-electron chi connectivity index (χ1n) is 10.4. The largest absolute Gasteiger partial charge is 0.418 e.